The summed E-state index contributed by atoms with van der Waals surface area (Å²) >= 11 is 4.01. The molecule has 0 fully saturated rings. The number of ether oxygens (including phenoxy) is 1. The van der Waals surface area contributed by atoms with Crippen molar-refractivity contribution in [2.24, 2.45) is 0 Å². The number of hydrogen-bond acceptors (Lipinski definition) is 5. The highest BCUT2D eigenvalue weighted by atomic mass is 32.9. The first-order valence-electron chi connectivity index (χ1n) is 3.23. The molecule has 0 aliphatic carbocycles. The molecule has 0 aromatic heterocycles. The van der Waals surface area contributed by atoms with Gasteiger partial charge in [0.05, 0.1) is 19.6 Å². The number of esters is 1. The molecule has 0 aromatic carbocycles. The Balaban J connectivity index is 3.51. The van der Waals surface area contributed by atoms with Gasteiger partial charge >= 0.3 is 5.97 Å². The van der Waals surface area contributed by atoms with E-state index in [1.807, 2.05) is 0 Å². The molecule has 0 radical (unpaired) electrons. The van der Waals surface area contributed by atoms with Gasteiger partial charge in [0.15, 0.2) is 0 Å². The SMILES string of the molecule is CCOC(=O)CCOS(=O)(O)=S. The number of rotatable bonds is 5. The summed E-state index contributed by atoms with van der Waals surface area (Å²) in [5.41, 5.74) is 0. The van der Waals surface area contributed by atoms with Crippen LogP contribution in [0.5, 0.6) is 0 Å². The average molecular weight is 214 g/mol. The minimum absolute atomic E-state index is 0.0674. The molecule has 0 saturated heterocycles. The molecule has 0 aliphatic rings. The van der Waals surface area contributed by atoms with E-state index in [0.717, 1.165) is 0 Å². The molecule has 0 saturated carbocycles. The van der Waals surface area contributed by atoms with Crippen molar-refractivity contribution >= 4 is 26.2 Å². The quantitative estimate of drug-likeness (QED) is 0.654. The van der Waals surface area contributed by atoms with Crippen molar-refractivity contribution in [1.29, 1.82) is 0 Å². The Kier molecular flexibility index (Phi) is 5.31. The Morgan fingerprint density at radius 2 is 2.25 bits per heavy atom. The number of carbonyl (C=O) groups is 1. The van der Waals surface area contributed by atoms with Crippen LogP contribution in [0.2, 0.25) is 0 Å². The van der Waals surface area contributed by atoms with Crippen molar-refractivity contribution < 1.29 is 22.5 Å². The van der Waals surface area contributed by atoms with Crippen LogP contribution in [0.1, 0.15) is 13.3 Å². The van der Waals surface area contributed by atoms with Crippen LogP contribution < -0.4 is 0 Å². The minimum Gasteiger partial charge on any atom is -0.466 e. The highest BCUT2D eigenvalue weighted by Crippen LogP contribution is 1.92. The molecule has 0 rings (SSSR count). The summed E-state index contributed by atoms with van der Waals surface area (Å²) in [4.78, 5) is 10.6. The largest absolute Gasteiger partial charge is 0.466 e. The third-order valence-corrected chi connectivity index (χ3v) is 1.60. The van der Waals surface area contributed by atoms with Gasteiger partial charge in [-0.05, 0) is 6.92 Å². The summed E-state index contributed by atoms with van der Waals surface area (Å²) in [6.07, 6.45) is -0.0674. The van der Waals surface area contributed by atoms with Crippen molar-refractivity contribution in [3.63, 3.8) is 0 Å². The Morgan fingerprint density at radius 1 is 1.67 bits per heavy atom. The summed E-state index contributed by atoms with van der Waals surface area (Å²) in [5.74, 6) is -0.476. The Morgan fingerprint density at radius 3 is 2.67 bits per heavy atom. The first-order chi connectivity index (χ1) is 5.45. The zero-order chi connectivity index (χ0) is 9.61. The van der Waals surface area contributed by atoms with Gasteiger partial charge in [0.2, 0.25) is 0 Å². The van der Waals surface area contributed by atoms with Crippen molar-refractivity contribution in [3.05, 3.63) is 0 Å². The molecule has 0 spiro atoms. The minimum atomic E-state index is -3.61. The molecule has 0 aromatic rings. The second-order valence-electron chi connectivity index (χ2n) is 1.80. The molecule has 0 heterocycles. The van der Waals surface area contributed by atoms with E-state index in [2.05, 4.69) is 20.1 Å². The Hall–Kier alpha value is -0.240. The molecule has 12 heavy (non-hydrogen) atoms. The number of carbonyl (C=O) groups excluding carboxylic acids is 1. The van der Waals surface area contributed by atoms with Crippen LogP contribution in [-0.2, 0) is 34.0 Å². The lowest BCUT2D eigenvalue weighted by atomic mass is 10.5. The summed E-state index contributed by atoms with van der Waals surface area (Å²) in [5, 5.41) is 0. The maximum absolute atomic E-state index is 10.6. The molecule has 0 aliphatic heterocycles. The standard InChI is InChI=1S/C5H10O5S2/c1-2-9-5(6)3-4-10-12(7,8)11/h2-4H2,1H3,(H,7,8,11). The lowest BCUT2D eigenvalue weighted by Crippen LogP contribution is -2.10. The van der Waals surface area contributed by atoms with Crippen molar-refractivity contribution in [1.82, 2.24) is 0 Å². The molecule has 1 atom stereocenters. The average Bonchev–Trinajstić information content (AvgIpc) is 1.84. The second-order valence-corrected chi connectivity index (χ2v) is 4.16. The van der Waals surface area contributed by atoms with E-state index >= 15 is 0 Å². The molecule has 0 bridgehead atoms. The molecular formula is C5H10O5S2. The van der Waals surface area contributed by atoms with Crippen LogP contribution in [0.25, 0.3) is 0 Å². The summed E-state index contributed by atoms with van der Waals surface area (Å²) in [6.45, 7) is 1.75. The van der Waals surface area contributed by atoms with E-state index < -0.39 is 15.0 Å². The van der Waals surface area contributed by atoms with Crippen LogP contribution in [0.3, 0.4) is 0 Å². The van der Waals surface area contributed by atoms with Crippen LogP contribution in [0.15, 0.2) is 0 Å². The summed E-state index contributed by atoms with van der Waals surface area (Å²) < 4.78 is 27.5. The van der Waals surface area contributed by atoms with Gasteiger partial charge in [-0.15, -0.1) is 0 Å². The predicted octanol–water partition coefficient (Wildman–Crippen LogP) is 0.0905. The zero-order valence-electron chi connectivity index (χ0n) is 6.52. The van der Waals surface area contributed by atoms with Gasteiger partial charge in [0.1, 0.15) is 0 Å². The third kappa shape index (κ3) is 7.86. The van der Waals surface area contributed by atoms with E-state index in [-0.39, 0.29) is 19.6 Å². The smallest absolute Gasteiger partial charge is 0.308 e. The van der Waals surface area contributed by atoms with E-state index in [4.69, 9.17) is 4.55 Å². The highest BCUT2D eigenvalue weighted by Gasteiger charge is 2.04. The fourth-order valence-corrected chi connectivity index (χ4v) is 0.962. The van der Waals surface area contributed by atoms with Gasteiger partial charge in [-0.1, -0.05) is 0 Å². The lowest BCUT2D eigenvalue weighted by molar-refractivity contribution is -0.143. The van der Waals surface area contributed by atoms with Crippen LogP contribution in [-0.4, -0.2) is 27.9 Å². The summed E-state index contributed by atoms with van der Waals surface area (Å²) in [6, 6.07) is 0. The monoisotopic (exact) mass is 214 g/mol. The van der Waals surface area contributed by atoms with E-state index in [9.17, 15) is 9.00 Å². The zero-order valence-corrected chi connectivity index (χ0v) is 8.15. The first kappa shape index (κ1) is 11.8. The fourth-order valence-electron chi connectivity index (χ4n) is 0.463. The molecule has 72 valence electrons. The van der Waals surface area contributed by atoms with E-state index in [1.165, 1.54) is 0 Å². The van der Waals surface area contributed by atoms with Crippen LogP contribution in [0.4, 0.5) is 0 Å². The maximum Gasteiger partial charge on any atom is 0.308 e. The first-order valence-corrected chi connectivity index (χ1v) is 5.59. The molecule has 1 unspecified atom stereocenters. The van der Waals surface area contributed by atoms with Crippen LogP contribution in [0, 0.1) is 0 Å². The van der Waals surface area contributed by atoms with Gasteiger partial charge in [-0.3, -0.25) is 13.5 Å². The van der Waals surface area contributed by atoms with Crippen LogP contribution >= 0.6 is 0 Å². The lowest BCUT2D eigenvalue weighted by Gasteiger charge is -2.01. The second kappa shape index (κ2) is 5.41. The Labute approximate surface area is 75.8 Å². The number of hydrogen-bond donors (Lipinski definition) is 1. The topological polar surface area (TPSA) is 72.8 Å². The molecular weight excluding hydrogens is 204 g/mol. The van der Waals surface area contributed by atoms with Gasteiger partial charge in [-0.2, -0.15) is 4.21 Å². The third-order valence-electron chi connectivity index (χ3n) is 0.844. The normalized spacial score (nSPS) is 15.2. The van der Waals surface area contributed by atoms with E-state index in [0.29, 0.717) is 0 Å². The maximum atomic E-state index is 10.6. The molecule has 5 nitrogen and oxygen atoms in total. The van der Waals surface area contributed by atoms with Crippen molar-refractivity contribution in [2.45, 2.75) is 13.3 Å². The fraction of sp³-hybridized carbons (Fsp3) is 0.800. The molecule has 1 N–H and O–H groups in total. The van der Waals surface area contributed by atoms with Gasteiger partial charge < -0.3 is 4.74 Å². The van der Waals surface area contributed by atoms with Gasteiger partial charge in [0, 0.05) is 11.2 Å². The predicted molar refractivity (Wildman–Crippen MR) is 45.3 cm³/mol. The molecule has 7 heteroatoms. The molecule has 0 amide bonds. The highest BCUT2D eigenvalue weighted by molar-refractivity contribution is 8.27. The van der Waals surface area contributed by atoms with Gasteiger partial charge in [-0.25, -0.2) is 0 Å². The van der Waals surface area contributed by atoms with Gasteiger partial charge in [0.25, 0.3) is 9.05 Å². The van der Waals surface area contributed by atoms with Crippen molar-refractivity contribution in [2.75, 3.05) is 13.2 Å². The summed E-state index contributed by atoms with van der Waals surface area (Å²) in [7, 11) is -3.61. The van der Waals surface area contributed by atoms with Crippen molar-refractivity contribution in [3.8, 4) is 0 Å². The van der Waals surface area contributed by atoms with E-state index in [1.54, 1.807) is 6.92 Å². The Bertz CT molecular complexity index is 232.